The van der Waals surface area contributed by atoms with Gasteiger partial charge in [-0.25, -0.2) is 9.97 Å². The fourth-order valence-corrected chi connectivity index (χ4v) is 1.77. The molecule has 1 aromatic heterocycles. The van der Waals surface area contributed by atoms with Crippen LogP contribution in [0, 0.1) is 0 Å². The van der Waals surface area contributed by atoms with E-state index in [1.807, 2.05) is 0 Å². The predicted octanol–water partition coefficient (Wildman–Crippen LogP) is 3.30. The zero-order valence-corrected chi connectivity index (χ0v) is 11.0. The lowest BCUT2D eigenvalue weighted by Gasteiger charge is -2.11. The van der Waals surface area contributed by atoms with Gasteiger partial charge >= 0.3 is 0 Å². The zero-order valence-electron chi connectivity index (χ0n) is 9.07. The van der Waals surface area contributed by atoms with Crippen LogP contribution in [0.15, 0.2) is 30.6 Å². The van der Waals surface area contributed by atoms with Crippen molar-refractivity contribution in [3.05, 3.63) is 41.3 Å². The second kappa shape index (κ2) is 4.75. The lowest BCUT2D eigenvalue weighted by molar-refractivity contribution is 0.0985. The highest BCUT2D eigenvalue weighted by Crippen LogP contribution is 2.35. The van der Waals surface area contributed by atoms with Gasteiger partial charge in [0.25, 0.3) is 5.66 Å². The highest BCUT2D eigenvalue weighted by Gasteiger charge is 2.27. The van der Waals surface area contributed by atoms with Crippen molar-refractivity contribution < 1.29 is 8.78 Å². The van der Waals surface area contributed by atoms with Gasteiger partial charge in [-0.2, -0.15) is 8.78 Å². The summed E-state index contributed by atoms with van der Waals surface area (Å²) in [6.07, 6.45) is 1.07. The van der Waals surface area contributed by atoms with Gasteiger partial charge in [0.2, 0.25) is 0 Å². The first kappa shape index (κ1) is 13.1. The third-order valence-electron chi connectivity index (χ3n) is 2.30. The number of aromatic nitrogens is 2. The number of rotatable bonds is 2. The van der Waals surface area contributed by atoms with Crippen molar-refractivity contribution in [3.63, 3.8) is 0 Å². The molecular formula is C11H9ClF2N3P. The number of nitrogens with two attached hydrogens (primary N) is 1. The van der Waals surface area contributed by atoms with Crippen LogP contribution >= 0.6 is 20.8 Å². The number of benzene rings is 1. The summed E-state index contributed by atoms with van der Waals surface area (Å²) in [6, 6.07) is 5.98. The first-order valence-electron chi connectivity index (χ1n) is 4.92. The number of halogens is 3. The van der Waals surface area contributed by atoms with Crippen LogP contribution in [0.25, 0.3) is 11.3 Å². The normalized spacial score (nSPS) is 11.6. The molecule has 94 valence electrons. The summed E-state index contributed by atoms with van der Waals surface area (Å²) in [5, 5.41) is 0.456. The summed E-state index contributed by atoms with van der Waals surface area (Å²) in [5.41, 5.74) is 3.49. The highest BCUT2D eigenvalue weighted by atomic mass is 35.5. The zero-order chi connectivity index (χ0) is 13.3. The Morgan fingerprint density at radius 3 is 2.61 bits per heavy atom. The lowest BCUT2D eigenvalue weighted by atomic mass is 10.1. The molecule has 0 aliphatic carbocycles. The first-order valence-corrected chi connectivity index (χ1v) is 5.88. The minimum absolute atomic E-state index is 0.308. The minimum Gasteiger partial charge on any atom is -0.398 e. The molecule has 0 aliphatic heterocycles. The third kappa shape index (κ3) is 2.74. The Labute approximate surface area is 110 Å². The Morgan fingerprint density at radius 2 is 1.94 bits per heavy atom. The first-order chi connectivity index (χ1) is 8.38. The van der Waals surface area contributed by atoms with E-state index in [2.05, 4.69) is 9.97 Å². The van der Waals surface area contributed by atoms with Gasteiger partial charge in [0, 0.05) is 16.3 Å². The van der Waals surface area contributed by atoms with E-state index < -0.39 is 11.4 Å². The number of hydrogen-bond donors (Lipinski definition) is 1. The van der Waals surface area contributed by atoms with Crippen molar-refractivity contribution in [2.24, 2.45) is 0 Å². The summed E-state index contributed by atoms with van der Waals surface area (Å²) in [6.45, 7) is 0. The van der Waals surface area contributed by atoms with Gasteiger partial charge < -0.3 is 5.73 Å². The van der Waals surface area contributed by atoms with Crippen molar-refractivity contribution in [2.45, 2.75) is 5.66 Å². The van der Waals surface area contributed by atoms with Crippen molar-refractivity contribution in [2.75, 3.05) is 5.73 Å². The molecule has 0 amide bonds. The molecule has 0 aliphatic rings. The summed E-state index contributed by atoms with van der Waals surface area (Å²) >= 11 is 5.85. The quantitative estimate of drug-likeness (QED) is 0.681. The summed E-state index contributed by atoms with van der Waals surface area (Å²) in [4.78, 5) is 7.47. The van der Waals surface area contributed by atoms with Crippen LogP contribution in [-0.2, 0) is 5.66 Å². The Kier molecular flexibility index (Phi) is 3.46. The number of hydrogen-bond acceptors (Lipinski definition) is 3. The molecule has 3 nitrogen and oxygen atoms in total. The van der Waals surface area contributed by atoms with E-state index in [1.165, 1.54) is 15.3 Å². The molecule has 1 heterocycles. The minimum atomic E-state index is -3.11. The van der Waals surface area contributed by atoms with Crippen LogP contribution in [0.2, 0.25) is 5.02 Å². The molecule has 7 heteroatoms. The summed E-state index contributed by atoms with van der Waals surface area (Å²) < 4.78 is 26.3. The second-order valence-corrected chi connectivity index (χ2v) is 4.80. The number of anilines is 1. The van der Waals surface area contributed by atoms with Gasteiger partial charge in [0.1, 0.15) is 12.0 Å². The molecule has 2 N–H and O–H groups in total. The van der Waals surface area contributed by atoms with Crippen LogP contribution in [0.3, 0.4) is 0 Å². The van der Waals surface area contributed by atoms with Gasteiger partial charge in [-0.05, 0) is 24.3 Å². The fraction of sp³-hybridized carbons (Fsp3) is 0.0909. The monoisotopic (exact) mass is 287 g/mol. The van der Waals surface area contributed by atoms with Gasteiger partial charge in [-0.3, -0.25) is 0 Å². The largest absolute Gasteiger partial charge is 0.398 e. The predicted molar refractivity (Wildman–Crippen MR) is 70.5 cm³/mol. The Bertz CT molecular complexity index is 587. The van der Waals surface area contributed by atoms with Gasteiger partial charge in [-0.1, -0.05) is 20.8 Å². The van der Waals surface area contributed by atoms with E-state index in [0.717, 1.165) is 6.33 Å². The Hall–Kier alpha value is -1.32. The van der Waals surface area contributed by atoms with Crippen molar-refractivity contribution in [3.8, 4) is 11.3 Å². The molecule has 2 rings (SSSR count). The van der Waals surface area contributed by atoms with Crippen LogP contribution in [0.1, 0.15) is 5.69 Å². The topological polar surface area (TPSA) is 51.8 Å². The molecule has 0 spiro atoms. The van der Waals surface area contributed by atoms with Gasteiger partial charge in [0.15, 0.2) is 0 Å². The highest BCUT2D eigenvalue weighted by molar-refractivity contribution is 7.17. The summed E-state index contributed by atoms with van der Waals surface area (Å²) in [7, 11) is 1.43. The molecule has 1 aromatic carbocycles. The number of nitrogen functional groups attached to an aromatic ring is 1. The lowest BCUT2D eigenvalue weighted by Crippen LogP contribution is -2.06. The molecule has 0 saturated carbocycles. The van der Waals surface area contributed by atoms with E-state index in [-0.39, 0.29) is 0 Å². The summed E-state index contributed by atoms with van der Waals surface area (Å²) in [5.74, 6) is 0. The van der Waals surface area contributed by atoms with E-state index >= 15 is 0 Å². The van der Waals surface area contributed by atoms with E-state index in [0.29, 0.717) is 22.0 Å². The SMILES string of the molecule is Nc1ccc(Cl)cc1-c1cc(C(F)(F)P)ncn1. The molecule has 2 aromatic rings. The molecule has 0 bridgehead atoms. The van der Waals surface area contributed by atoms with Gasteiger partial charge in [0.05, 0.1) is 5.69 Å². The molecule has 0 radical (unpaired) electrons. The number of alkyl halides is 2. The molecule has 1 atom stereocenters. The van der Waals surface area contributed by atoms with Gasteiger partial charge in [-0.15, -0.1) is 0 Å². The average molecular weight is 288 g/mol. The van der Waals surface area contributed by atoms with Crippen molar-refractivity contribution in [1.82, 2.24) is 9.97 Å². The Morgan fingerprint density at radius 1 is 1.22 bits per heavy atom. The average Bonchev–Trinajstić information content (AvgIpc) is 2.31. The van der Waals surface area contributed by atoms with Crippen LogP contribution < -0.4 is 5.73 Å². The van der Waals surface area contributed by atoms with E-state index in [9.17, 15) is 8.78 Å². The third-order valence-corrected chi connectivity index (χ3v) is 2.83. The fourth-order valence-electron chi connectivity index (χ4n) is 1.44. The standard InChI is InChI=1S/C11H9ClF2N3P/c12-6-1-2-8(15)7(3-6)9-4-10(11(13,14)18)17-5-16-9/h1-5H,15,18H2. The van der Waals surface area contributed by atoms with Crippen molar-refractivity contribution >= 4 is 26.5 Å². The molecule has 0 fully saturated rings. The maximum absolute atomic E-state index is 13.1. The second-order valence-electron chi connectivity index (χ2n) is 3.64. The van der Waals surface area contributed by atoms with E-state index in [4.69, 9.17) is 17.3 Å². The van der Waals surface area contributed by atoms with Crippen molar-refractivity contribution in [1.29, 1.82) is 0 Å². The molecule has 0 saturated heterocycles. The van der Waals surface area contributed by atoms with Crippen LogP contribution in [0.5, 0.6) is 0 Å². The van der Waals surface area contributed by atoms with Crippen LogP contribution in [-0.4, -0.2) is 9.97 Å². The molecular weight excluding hydrogens is 279 g/mol. The maximum atomic E-state index is 13.1. The Balaban J connectivity index is 2.55. The molecule has 18 heavy (non-hydrogen) atoms. The molecule has 1 unspecified atom stereocenters. The maximum Gasteiger partial charge on any atom is 0.300 e. The number of nitrogens with zero attached hydrogens (tertiary/aromatic N) is 2. The van der Waals surface area contributed by atoms with Crippen LogP contribution in [0.4, 0.5) is 14.5 Å². The van der Waals surface area contributed by atoms with E-state index in [1.54, 1.807) is 18.2 Å². The smallest absolute Gasteiger partial charge is 0.300 e.